The van der Waals surface area contributed by atoms with Gasteiger partial charge in [0.1, 0.15) is 11.4 Å². The zero-order chi connectivity index (χ0) is 29.4. The monoisotopic (exact) mass is 572 g/mol. The molecule has 1 aliphatic heterocycles. The van der Waals surface area contributed by atoms with Crippen LogP contribution in [0.15, 0.2) is 23.1 Å². The zero-order valence-corrected chi connectivity index (χ0v) is 21.7. The summed E-state index contributed by atoms with van der Waals surface area (Å²) in [5.74, 6) is -4.03. The van der Waals surface area contributed by atoms with Gasteiger partial charge in [-0.25, -0.2) is 18.8 Å². The lowest BCUT2D eigenvalue weighted by Crippen LogP contribution is -2.75. The van der Waals surface area contributed by atoms with Gasteiger partial charge in [0.25, 0.3) is 5.66 Å². The molecule has 0 bridgehead atoms. The van der Waals surface area contributed by atoms with Crippen molar-refractivity contribution in [3.05, 3.63) is 39.9 Å². The summed E-state index contributed by atoms with van der Waals surface area (Å²) in [6.07, 6.45) is -4.06. The SMILES string of the molecule is CCOC(=O)N[C@@](C(=O)OCC)(N1CCN(c2cc3c(cc2F)c(=O)c(C(=O)O)cn3C2CC2)CC1)C(F)(F)F. The van der Waals surface area contributed by atoms with Crippen molar-refractivity contribution in [3.8, 4) is 0 Å². The second-order valence-corrected chi connectivity index (χ2v) is 9.38. The number of nitrogens with zero attached hydrogens (tertiary/aromatic N) is 3. The molecule has 1 aromatic heterocycles. The maximum Gasteiger partial charge on any atom is 0.436 e. The van der Waals surface area contributed by atoms with Gasteiger partial charge in [-0.15, -0.1) is 0 Å². The molecule has 2 heterocycles. The molecule has 0 spiro atoms. The molecule has 15 heteroatoms. The van der Waals surface area contributed by atoms with Crippen LogP contribution >= 0.6 is 0 Å². The maximum atomic E-state index is 15.3. The lowest BCUT2D eigenvalue weighted by atomic mass is 10.0. The number of fused-ring (bicyclic) bond motifs is 1. The smallest absolute Gasteiger partial charge is 0.436 e. The Morgan fingerprint density at radius 2 is 1.68 bits per heavy atom. The number of aromatic carboxylic acids is 1. The Kier molecular flexibility index (Phi) is 7.97. The highest BCUT2D eigenvalue weighted by Gasteiger charge is 2.67. The number of esters is 1. The van der Waals surface area contributed by atoms with Crippen LogP contribution in [0.1, 0.15) is 43.1 Å². The lowest BCUT2D eigenvalue weighted by molar-refractivity contribution is -0.248. The zero-order valence-electron chi connectivity index (χ0n) is 21.7. The van der Waals surface area contributed by atoms with Gasteiger partial charge in [0.2, 0.25) is 5.43 Å². The summed E-state index contributed by atoms with van der Waals surface area (Å²) in [5.41, 5.74) is -4.57. The van der Waals surface area contributed by atoms with Crippen molar-refractivity contribution in [2.24, 2.45) is 0 Å². The number of carboxylic acid groups (broad SMARTS) is 1. The molecule has 1 saturated carbocycles. The van der Waals surface area contributed by atoms with Crippen LogP contribution in [0, 0.1) is 5.82 Å². The van der Waals surface area contributed by atoms with E-state index in [1.54, 1.807) is 9.88 Å². The predicted octanol–water partition coefficient (Wildman–Crippen LogP) is 2.86. The third-order valence-corrected chi connectivity index (χ3v) is 6.91. The molecule has 2 aliphatic rings. The Morgan fingerprint density at radius 1 is 1.05 bits per heavy atom. The molecule has 2 fully saturated rings. The van der Waals surface area contributed by atoms with Crippen LogP contribution in [-0.4, -0.2) is 83.8 Å². The number of carboxylic acids is 1. The van der Waals surface area contributed by atoms with Gasteiger partial charge in [-0.2, -0.15) is 13.2 Å². The van der Waals surface area contributed by atoms with Crippen molar-refractivity contribution in [1.82, 2.24) is 14.8 Å². The number of anilines is 1. The molecule has 218 valence electrons. The number of carbonyl (C=O) groups excluding carboxylic acids is 2. The molecule has 0 radical (unpaired) electrons. The summed E-state index contributed by atoms with van der Waals surface area (Å²) in [5, 5.41) is 10.9. The topological polar surface area (TPSA) is 130 Å². The predicted molar refractivity (Wildman–Crippen MR) is 133 cm³/mol. The fourth-order valence-corrected chi connectivity index (χ4v) is 4.87. The van der Waals surface area contributed by atoms with E-state index in [0.29, 0.717) is 10.4 Å². The molecule has 4 rings (SSSR count). The van der Waals surface area contributed by atoms with Gasteiger partial charge in [-0.1, -0.05) is 0 Å². The first-order chi connectivity index (χ1) is 18.8. The number of pyridine rings is 1. The van der Waals surface area contributed by atoms with Crippen LogP contribution in [0.4, 0.5) is 28.0 Å². The summed E-state index contributed by atoms with van der Waals surface area (Å²) >= 11 is 0. The molecule has 2 N–H and O–H groups in total. The van der Waals surface area contributed by atoms with E-state index in [9.17, 15) is 37.5 Å². The van der Waals surface area contributed by atoms with Crippen molar-refractivity contribution in [3.63, 3.8) is 0 Å². The Bertz CT molecular complexity index is 1380. The Labute approximate surface area is 225 Å². The fraction of sp³-hybridized carbons (Fsp3) is 0.520. The molecule has 0 unspecified atom stereocenters. The number of aromatic nitrogens is 1. The van der Waals surface area contributed by atoms with Crippen LogP contribution in [0.5, 0.6) is 0 Å². The number of rotatable bonds is 8. The summed E-state index contributed by atoms with van der Waals surface area (Å²) in [7, 11) is 0. The molecule has 1 atom stereocenters. The largest absolute Gasteiger partial charge is 0.477 e. The highest BCUT2D eigenvalue weighted by atomic mass is 19.4. The van der Waals surface area contributed by atoms with E-state index in [0.717, 1.165) is 18.9 Å². The van der Waals surface area contributed by atoms with Crippen molar-refractivity contribution < 1.29 is 46.5 Å². The van der Waals surface area contributed by atoms with Crippen LogP contribution in [0.25, 0.3) is 10.9 Å². The van der Waals surface area contributed by atoms with E-state index in [2.05, 4.69) is 4.74 Å². The molecule has 11 nitrogen and oxygen atoms in total. The Balaban J connectivity index is 1.69. The number of hydrogen-bond acceptors (Lipinski definition) is 8. The Morgan fingerprint density at radius 3 is 2.20 bits per heavy atom. The van der Waals surface area contributed by atoms with E-state index in [4.69, 9.17) is 4.74 Å². The van der Waals surface area contributed by atoms with E-state index in [-0.39, 0.29) is 43.4 Å². The molecular weight excluding hydrogens is 544 g/mol. The van der Waals surface area contributed by atoms with E-state index in [1.165, 1.54) is 31.0 Å². The van der Waals surface area contributed by atoms with Gasteiger partial charge >= 0.3 is 24.2 Å². The highest BCUT2D eigenvalue weighted by Crippen LogP contribution is 2.39. The maximum absolute atomic E-state index is 15.3. The first-order valence-corrected chi connectivity index (χ1v) is 12.7. The third-order valence-electron chi connectivity index (χ3n) is 6.91. The molecule has 40 heavy (non-hydrogen) atoms. The minimum absolute atomic E-state index is 0.00359. The number of alkyl carbamates (subject to hydrolysis) is 1. The number of piperazine rings is 1. The standard InChI is InChI=1S/C25H28F4N4O7/c1-3-39-22(37)24(25(27,28)29,30-23(38)40-4-2)32-9-7-31(8-10-32)19-12-18-15(11-17(19)26)20(34)16(21(35)36)13-33(18)14-5-6-14/h11-14H,3-10H2,1-2H3,(H,30,38)(H,35,36)/t24-/m0/s1. The minimum atomic E-state index is -5.30. The number of nitrogens with one attached hydrogen (secondary N) is 1. The number of halogens is 4. The van der Waals surface area contributed by atoms with Gasteiger partial charge in [-0.05, 0) is 38.8 Å². The van der Waals surface area contributed by atoms with Gasteiger partial charge in [0, 0.05) is 43.8 Å². The van der Waals surface area contributed by atoms with Gasteiger partial charge in [-0.3, -0.25) is 15.0 Å². The molecule has 1 saturated heterocycles. The normalized spacial score (nSPS) is 17.8. The second kappa shape index (κ2) is 10.9. The molecular formula is C25H28F4N4O7. The summed E-state index contributed by atoms with van der Waals surface area (Å²) in [6.45, 7) is 0.847. The molecule has 2 aromatic rings. The third kappa shape index (κ3) is 5.17. The fourth-order valence-electron chi connectivity index (χ4n) is 4.87. The minimum Gasteiger partial charge on any atom is -0.477 e. The average molecular weight is 573 g/mol. The molecule has 1 amide bonds. The van der Waals surface area contributed by atoms with Crippen molar-refractivity contribution >= 4 is 34.6 Å². The lowest BCUT2D eigenvalue weighted by Gasteiger charge is -2.46. The van der Waals surface area contributed by atoms with Crippen LogP contribution in [-0.2, 0) is 14.3 Å². The van der Waals surface area contributed by atoms with Crippen LogP contribution in [0.2, 0.25) is 0 Å². The number of alkyl halides is 3. The summed E-state index contributed by atoms with van der Waals surface area (Å²) in [6, 6.07) is 2.25. The van der Waals surface area contributed by atoms with Gasteiger partial charge in [0.05, 0.1) is 24.4 Å². The van der Waals surface area contributed by atoms with E-state index in [1.807, 2.05) is 0 Å². The first-order valence-electron chi connectivity index (χ1n) is 12.7. The number of benzene rings is 1. The first kappa shape index (κ1) is 29.1. The van der Waals surface area contributed by atoms with E-state index < -0.39 is 59.8 Å². The van der Waals surface area contributed by atoms with Crippen LogP contribution < -0.4 is 15.6 Å². The number of hydrogen-bond donors (Lipinski definition) is 2. The van der Waals surface area contributed by atoms with Crippen molar-refractivity contribution in [2.75, 3.05) is 44.3 Å². The number of amides is 1. The molecule has 1 aromatic carbocycles. The van der Waals surface area contributed by atoms with Crippen LogP contribution in [0.3, 0.4) is 0 Å². The average Bonchev–Trinajstić information content (AvgIpc) is 3.72. The number of carbonyl (C=O) groups is 3. The Hall–Kier alpha value is -3.88. The van der Waals surface area contributed by atoms with Gasteiger partial charge < -0.3 is 24.0 Å². The number of ether oxygens (including phenoxy) is 2. The highest BCUT2D eigenvalue weighted by molar-refractivity contribution is 5.93. The van der Waals surface area contributed by atoms with Crippen molar-refractivity contribution in [2.45, 2.75) is 44.6 Å². The van der Waals surface area contributed by atoms with Gasteiger partial charge in [0.15, 0.2) is 0 Å². The quantitative estimate of drug-likeness (QED) is 0.362. The van der Waals surface area contributed by atoms with Crippen molar-refractivity contribution in [1.29, 1.82) is 0 Å². The summed E-state index contributed by atoms with van der Waals surface area (Å²) < 4.78 is 69.7. The van der Waals surface area contributed by atoms with E-state index >= 15 is 4.39 Å². The molecule has 1 aliphatic carbocycles. The second-order valence-electron chi connectivity index (χ2n) is 9.38. The summed E-state index contributed by atoms with van der Waals surface area (Å²) in [4.78, 5) is 51.3.